The Morgan fingerprint density at radius 3 is 2.44 bits per heavy atom. The highest BCUT2D eigenvalue weighted by Gasteiger charge is 2.30. The third-order valence-corrected chi connectivity index (χ3v) is 9.56. The number of carbonyl (C=O) groups is 1. The van der Waals surface area contributed by atoms with Crippen LogP contribution in [0.1, 0.15) is 68.6 Å². The van der Waals surface area contributed by atoms with Gasteiger partial charge < -0.3 is 11.1 Å². The van der Waals surface area contributed by atoms with Crippen LogP contribution in [0.5, 0.6) is 0 Å². The van der Waals surface area contributed by atoms with Gasteiger partial charge in [-0.2, -0.15) is 11.8 Å². The van der Waals surface area contributed by atoms with Crippen molar-refractivity contribution in [2.24, 2.45) is 5.73 Å². The number of pyridine rings is 1. The van der Waals surface area contributed by atoms with Gasteiger partial charge in [0.05, 0.1) is 11.6 Å². The van der Waals surface area contributed by atoms with Gasteiger partial charge in [0.25, 0.3) is 5.56 Å². The lowest BCUT2D eigenvalue weighted by atomic mass is 9.90. The zero-order chi connectivity index (χ0) is 28.5. The number of thioether (sulfide) groups is 1. The molecule has 1 saturated heterocycles. The first-order chi connectivity index (χ1) is 19.9. The summed E-state index contributed by atoms with van der Waals surface area (Å²) in [4.78, 5) is 44.3. The summed E-state index contributed by atoms with van der Waals surface area (Å²) in [5, 5.41) is 5.46. The fourth-order valence-electron chi connectivity index (χ4n) is 6.32. The zero-order valence-corrected chi connectivity index (χ0v) is 23.6. The van der Waals surface area contributed by atoms with Gasteiger partial charge in [-0.15, -0.1) is 0 Å². The number of rotatable bonds is 6. The van der Waals surface area contributed by atoms with E-state index in [-0.39, 0.29) is 47.2 Å². The lowest BCUT2D eigenvalue weighted by Gasteiger charge is -2.31. The number of halogens is 1. The first kappa shape index (κ1) is 27.7. The maximum atomic E-state index is 14.2. The Morgan fingerprint density at radius 1 is 0.976 bits per heavy atom. The molecule has 1 aliphatic heterocycles. The molecule has 10 heteroatoms. The molecule has 2 aliphatic rings. The SMILES string of the molecule is NC(CC(=O)NC1CCC(n2c(=O)c3cc(F)cnc3n(C3CCSCC3)c2=O)CC1)c1ccc2ccccc2c1. The van der Waals surface area contributed by atoms with Crippen LogP contribution in [0.15, 0.2) is 64.3 Å². The summed E-state index contributed by atoms with van der Waals surface area (Å²) in [6, 6.07) is 14.4. The van der Waals surface area contributed by atoms with Crippen molar-refractivity contribution in [2.45, 2.75) is 69.1 Å². The average Bonchev–Trinajstić information content (AvgIpc) is 2.98. The van der Waals surface area contributed by atoms with Gasteiger partial charge in [-0.3, -0.25) is 18.7 Å². The normalized spacial score (nSPS) is 20.7. The van der Waals surface area contributed by atoms with Crippen LogP contribution >= 0.6 is 11.8 Å². The highest BCUT2D eigenvalue weighted by molar-refractivity contribution is 7.99. The lowest BCUT2D eigenvalue weighted by molar-refractivity contribution is -0.122. The molecule has 1 unspecified atom stereocenters. The molecule has 0 radical (unpaired) electrons. The first-order valence-electron chi connectivity index (χ1n) is 14.3. The minimum atomic E-state index is -0.598. The molecule has 6 rings (SSSR count). The predicted octanol–water partition coefficient (Wildman–Crippen LogP) is 4.61. The molecule has 0 spiro atoms. The second-order valence-corrected chi connectivity index (χ2v) is 12.4. The van der Waals surface area contributed by atoms with Gasteiger partial charge in [0, 0.05) is 30.6 Å². The van der Waals surface area contributed by atoms with Crippen molar-refractivity contribution in [3.05, 3.63) is 86.9 Å². The van der Waals surface area contributed by atoms with Gasteiger partial charge >= 0.3 is 5.69 Å². The minimum Gasteiger partial charge on any atom is -0.353 e. The third kappa shape index (κ3) is 5.67. The molecule has 1 aliphatic carbocycles. The predicted molar refractivity (Wildman–Crippen MR) is 161 cm³/mol. The Bertz CT molecular complexity index is 1710. The van der Waals surface area contributed by atoms with Crippen LogP contribution in [0, 0.1) is 5.82 Å². The number of fused-ring (bicyclic) bond motifs is 2. The Labute approximate surface area is 241 Å². The number of benzene rings is 2. The molecule has 41 heavy (non-hydrogen) atoms. The van der Waals surface area contributed by atoms with E-state index < -0.39 is 17.4 Å². The monoisotopic (exact) mass is 575 g/mol. The van der Waals surface area contributed by atoms with E-state index in [1.165, 1.54) is 10.6 Å². The number of nitrogens with zero attached hydrogens (tertiary/aromatic N) is 3. The number of nitrogens with one attached hydrogen (secondary N) is 1. The smallest absolute Gasteiger partial charge is 0.333 e. The molecular formula is C31H34FN5O3S. The zero-order valence-electron chi connectivity index (χ0n) is 22.8. The van der Waals surface area contributed by atoms with Gasteiger partial charge in [0.15, 0.2) is 0 Å². The molecule has 0 bridgehead atoms. The van der Waals surface area contributed by atoms with Crippen molar-refractivity contribution in [1.82, 2.24) is 19.4 Å². The molecule has 2 aromatic heterocycles. The quantitative estimate of drug-likeness (QED) is 0.347. The lowest BCUT2D eigenvalue weighted by Crippen LogP contribution is -2.46. The van der Waals surface area contributed by atoms with Crippen molar-refractivity contribution in [2.75, 3.05) is 11.5 Å². The molecule has 2 aromatic carbocycles. The van der Waals surface area contributed by atoms with E-state index in [0.717, 1.165) is 46.9 Å². The van der Waals surface area contributed by atoms with Gasteiger partial charge in [-0.25, -0.2) is 14.2 Å². The Morgan fingerprint density at radius 2 is 1.68 bits per heavy atom. The Balaban J connectivity index is 1.15. The summed E-state index contributed by atoms with van der Waals surface area (Å²) in [6.07, 6.45) is 5.23. The standard InChI is InChI=1S/C31H34FN5O3S/c32-22-16-26-29(34-18-22)36(25-11-13-41-14-12-25)31(40)37(30(26)39)24-9-7-23(8-10-24)35-28(38)17-27(33)21-6-5-19-3-1-2-4-20(19)15-21/h1-6,15-16,18,23-25,27H,7-14,17,33H2,(H,35,38). The van der Waals surface area contributed by atoms with E-state index in [1.54, 1.807) is 4.57 Å². The van der Waals surface area contributed by atoms with E-state index in [1.807, 2.05) is 54.2 Å². The maximum Gasteiger partial charge on any atom is 0.333 e. The summed E-state index contributed by atoms with van der Waals surface area (Å²) in [5.74, 6) is 1.14. The van der Waals surface area contributed by atoms with E-state index in [9.17, 15) is 18.8 Å². The van der Waals surface area contributed by atoms with Crippen LogP contribution in [0.3, 0.4) is 0 Å². The van der Waals surface area contributed by atoms with Crippen molar-refractivity contribution in [1.29, 1.82) is 0 Å². The Kier molecular flexibility index (Phi) is 7.94. The van der Waals surface area contributed by atoms with Crippen LogP contribution in [-0.2, 0) is 4.79 Å². The molecule has 3 heterocycles. The van der Waals surface area contributed by atoms with E-state index in [2.05, 4.69) is 10.3 Å². The van der Waals surface area contributed by atoms with Crippen LogP contribution in [0.25, 0.3) is 21.8 Å². The van der Waals surface area contributed by atoms with Crippen LogP contribution in [0.4, 0.5) is 4.39 Å². The average molecular weight is 576 g/mol. The summed E-state index contributed by atoms with van der Waals surface area (Å²) in [5.41, 5.74) is 6.70. The number of hydrogen-bond donors (Lipinski definition) is 2. The fourth-order valence-corrected chi connectivity index (χ4v) is 7.40. The van der Waals surface area contributed by atoms with Gasteiger partial charge in [-0.05, 0) is 78.5 Å². The van der Waals surface area contributed by atoms with E-state index in [0.29, 0.717) is 25.7 Å². The van der Waals surface area contributed by atoms with Gasteiger partial charge in [0.1, 0.15) is 11.5 Å². The minimum absolute atomic E-state index is 0.0598. The topological polar surface area (TPSA) is 112 Å². The van der Waals surface area contributed by atoms with Gasteiger partial charge in [0.2, 0.25) is 5.91 Å². The van der Waals surface area contributed by atoms with E-state index >= 15 is 0 Å². The van der Waals surface area contributed by atoms with Crippen molar-refractivity contribution < 1.29 is 9.18 Å². The van der Waals surface area contributed by atoms with Crippen LogP contribution in [-0.4, -0.2) is 37.6 Å². The number of aromatic nitrogens is 3. The second-order valence-electron chi connectivity index (χ2n) is 11.2. The maximum absolute atomic E-state index is 14.2. The number of nitrogens with two attached hydrogens (primary N) is 1. The highest BCUT2D eigenvalue weighted by Crippen LogP contribution is 2.30. The van der Waals surface area contributed by atoms with Crippen molar-refractivity contribution >= 4 is 39.5 Å². The molecule has 214 valence electrons. The molecule has 3 N–H and O–H groups in total. The first-order valence-corrected chi connectivity index (χ1v) is 15.5. The second kappa shape index (κ2) is 11.8. The van der Waals surface area contributed by atoms with Gasteiger partial charge in [-0.1, -0.05) is 36.4 Å². The van der Waals surface area contributed by atoms with E-state index in [4.69, 9.17) is 5.73 Å². The summed E-state index contributed by atoms with van der Waals surface area (Å²) < 4.78 is 17.1. The molecule has 1 atom stereocenters. The molecule has 8 nitrogen and oxygen atoms in total. The molecular weight excluding hydrogens is 541 g/mol. The number of amides is 1. The highest BCUT2D eigenvalue weighted by atomic mass is 32.2. The molecule has 1 amide bonds. The summed E-state index contributed by atoms with van der Waals surface area (Å²) in [7, 11) is 0. The largest absolute Gasteiger partial charge is 0.353 e. The third-order valence-electron chi connectivity index (χ3n) is 8.51. The van der Waals surface area contributed by atoms with Crippen LogP contribution in [0.2, 0.25) is 0 Å². The van der Waals surface area contributed by atoms with Crippen molar-refractivity contribution in [3.8, 4) is 0 Å². The number of hydrogen-bond acceptors (Lipinski definition) is 6. The molecule has 1 saturated carbocycles. The summed E-state index contributed by atoms with van der Waals surface area (Å²) in [6.45, 7) is 0. The Hall–Kier alpha value is -3.50. The molecule has 2 fully saturated rings. The summed E-state index contributed by atoms with van der Waals surface area (Å²) >= 11 is 1.84. The number of carbonyl (C=O) groups excluding carboxylic acids is 1. The fraction of sp³-hybridized carbons (Fsp3) is 0.419. The molecule has 4 aromatic rings. The van der Waals surface area contributed by atoms with Crippen molar-refractivity contribution in [3.63, 3.8) is 0 Å². The van der Waals surface area contributed by atoms with Crippen LogP contribution < -0.4 is 22.3 Å².